The molecule has 2 rings (SSSR count). The molecule has 0 saturated carbocycles. The average Bonchev–Trinajstić information content (AvgIpc) is 2.88. The van der Waals surface area contributed by atoms with Gasteiger partial charge in [0.25, 0.3) is 0 Å². The van der Waals surface area contributed by atoms with Crippen LogP contribution in [0.1, 0.15) is 85.0 Å². The molecule has 25 heavy (non-hydrogen) atoms. The summed E-state index contributed by atoms with van der Waals surface area (Å²) in [7, 11) is 0. The maximum Gasteiger partial charge on any atom is 0.308 e. The first-order chi connectivity index (χ1) is 12.0. The van der Waals surface area contributed by atoms with Crippen LogP contribution in [0, 0.1) is 0 Å². The van der Waals surface area contributed by atoms with Crippen molar-refractivity contribution >= 4 is 5.97 Å². The summed E-state index contributed by atoms with van der Waals surface area (Å²) in [6.07, 6.45) is 12.6. The van der Waals surface area contributed by atoms with Crippen molar-refractivity contribution in [2.45, 2.75) is 90.8 Å². The number of esters is 1. The highest BCUT2D eigenvalue weighted by Gasteiger charge is 2.36. The molecule has 0 aliphatic carbocycles. The Hall–Kier alpha value is -1.71. The van der Waals surface area contributed by atoms with E-state index in [1.807, 2.05) is 6.92 Å². The van der Waals surface area contributed by atoms with Gasteiger partial charge in [-0.3, -0.25) is 4.79 Å². The molecule has 4 heteroatoms. The van der Waals surface area contributed by atoms with Gasteiger partial charge in [0.2, 0.25) is 5.79 Å². The lowest BCUT2D eigenvalue weighted by molar-refractivity contribution is -0.131. The monoisotopic (exact) mass is 348 g/mol. The van der Waals surface area contributed by atoms with Gasteiger partial charge in [0.15, 0.2) is 11.5 Å². The second-order valence-electron chi connectivity index (χ2n) is 7.12. The summed E-state index contributed by atoms with van der Waals surface area (Å²) in [5.41, 5.74) is 0. The number of carbonyl (C=O) groups excluding carboxylic acids is 1. The SMILES string of the molecule is CCCCCCCCCCCC1(C)Oc2ccc(OC(C)=O)cc2O1. The first-order valence-corrected chi connectivity index (χ1v) is 9.73. The Bertz CT molecular complexity index is 555. The van der Waals surface area contributed by atoms with Crippen LogP contribution in [0.25, 0.3) is 0 Å². The molecule has 0 fully saturated rings. The average molecular weight is 348 g/mol. The van der Waals surface area contributed by atoms with Crippen molar-refractivity contribution in [2.24, 2.45) is 0 Å². The fourth-order valence-corrected chi connectivity index (χ4v) is 3.23. The molecule has 0 bridgehead atoms. The highest BCUT2D eigenvalue weighted by atomic mass is 16.7. The Morgan fingerprint density at radius 2 is 1.56 bits per heavy atom. The van der Waals surface area contributed by atoms with Crippen molar-refractivity contribution in [1.29, 1.82) is 0 Å². The number of rotatable bonds is 11. The van der Waals surface area contributed by atoms with Gasteiger partial charge in [-0.25, -0.2) is 0 Å². The van der Waals surface area contributed by atoms with Gasteiger partial charge in [0, 0.05) is 26.3 Å². The van der Waals surface area contributed by atoms with E-state index >= 15 is 0 Å². The van der Waals surface area contributed by atoms with Crippen molar-refractivity contribution in [3.05, 3.63) is 18.2 Å². The molecule has 140 valence electrons. The van der Waals surface area contributed by atoms with Gasteiger partial charge >= 0.3 is 5.97 Å². The quantitative estimate of drug-likeness (QED) is 0.279. The summed E-state index contributed by atoms with van der Waals surface area (Å²) in [5, 5.41) is 0. The van der Waals surface area contributed by atoms with E-state index in [0.717, 1.165) is 12.8 Å². The van der Waals surface area contributed by atoms with Gasteiger partial charge in [-0.05, 0) is 18.6 Å². The molecule has 0 saturated heterocycles. The second kappa shape index (κ2) is 9.69. The fourth-order valence-electron chi connectivity index (χ4n) is 3.23. The molecule has 1 unspecified atom stereocenters. The van der Waals surface area contributed by atoms with Gasteiger partial charge in [0.1, 0.15) is 5.75 Å². The maximum absolute atomic E-state index is 11.0. The molecule has 1 aliphatic heterocycles. The number of unbranched alkanes of at least 4 members (excludes halogenated alkanes) is 8. The summed E-state index contributed by atoms with van der Waals surface area (Å²) in [4.78, 5) is 11.0. The van der Waals surface area contributed by atoms with E-state index in [9.17, 15) is 4.79 Å². The van der Waals surface area contributed by atoms with E-state index in [1.54, 1.807) is 18.2 Å². The smallest absolute Gasteiger partial charge is 0.308 e. The third kappa shape index (κ3) is 6.60. The predicted molar refractivity (Wildman–Crippen MR) is 99.3 cm³/mol. The van der Waals surface area contributed by atoms with E-state index in [1.165, 1.54) is 58.3 Å². The highest BCUT2D eigenvalue weighted by Crippen LogP contribution is 2.43. The molecule has 0 radical (unpaired) electrons. The van der Waals surface area contributed by atoms with Crippen molar-refractivity contribution < 1.29 is 19.0 Å². The molecule has 1 heterocycles. The predicted octanol–water partition coefficient (Wildman–Crippen LogP) is 6.02. The van der Waals surface area contributed by atoms with Gasteiger partial charge in [-0.15, -0.1) is 0 Å². The number of fused-ring (bicyclic) bond motifs is 1. The molecule has 1 aromatic carbocycles. The Labute approximate surface area is 151 Å². The summed E-state index contributed by atoms with van der Waals surface area (Å²) in [6.45, 7) is 5.62. The Kier molecular flexibility index (Phi) is 7.60. The molecular weight excluding hydrogens is 316 g/mol. The number of hydrogen-bond acceptors (Lipinski definition) is 4. The summed E-state index contributed by atoms with van der Waals surface area (Å²) in [6, 6.07) is 5.25. The van der Waals surface area contributed by atoms with Crippen LogP contribution < -0.4 is 14.2 Å². The minimum absolute atomic E-state index is 0.337. The van der Waals surface area contributed by atoms with E-state index in [0.29, 0.717) is 17.2 Å². The number of carbonyl (C=O) groups is 1. The third-order valence-corrected chi connectivity index (χ3v) is 4.56. The molecule has 1 aliphatic rings. The van der Waals surface area contributed by atoms with E-state index in [-0.39, 0.29) is 5.97 Å². The molecule has 0 N–H and O–H groups in total. The van der Waals surface area contributed by atoms with Gasteiger partial charge in [0.05, 0.1) is 0 Å². The Balaban J connectivity index is 1.66. The summed E-state index contributed by atoms with van der Waals surface area (Å²) >= 11 is 0. The van der Waals surface area contributed by atoms with Crippen LogP contribution >= 0.6 is 0 Å². The van der Waals surface area contributed by atoms with E-state index in [4.69, 9.17) is 14.2 Å². The molecule has 1 atom stereocenters. The van der Waals surface area contributed by atoms with Crippen LogP contribution in [0.2, 0.25) is 0 Å². The summed E-state index contributed by atoms with van der Waals surface area (Å²) in [5.74, 6) is 0.906. The third-order valence-electron chi connectivity index (χ3n) is 4.56. The van der Waals surface area contributed by atoms with Crippen molar-refractivity contribution in [1.82, 2.24) is 0 Å². The van der Waals surface area contributed by atoms with Crippen LogP contribution in [0.5, 0.6) is 17.2 Å². The number of ether oxygens (including phenoxy) is 3. The first-order valence-electron chi connectivity index (χ1n) is 9.73. The highest BCUT2D eigenvalue weighted by molar-refractivity contribution is 5.69. The molecular formula is C21H32O4. The maximum atomic E-state index is 11.0. The standard InChI is InChI=1S/C21H32O4/c1-4-5-6-7-8-9-10-11-12-15-21(3)24-19-14-13-18(23-17(2)22)16-20(19)25-21/h13-14,16H,4-12,15H2,1-3H3. The largest absolute Gasteiger partial charge is 0.449 e. The first kappa shape index (κ1) is 19.6. The van der Waals surface area contributed by atoms with Gasteiger partial charge in [-0.1, -0.05) is 58.3 Å². The van der Waals surface area contributed by atoms with Crippen LogP contribution in [0.15, 0.2) is 18.2 Å². The minimum atomic E-state index is -0.613. The molecule has 0 spiro atoms. The van der Waals surface area contributed by atoms with Crippen LogP contribution in [0.4, 0.5) is 0 Å². The summed E-state index contributed by atoms with van der Waals surface area (Å²) < 4.78 is 17.0. The minimum Gasteiger partial charge on any atom is -0.449 e. The lowest BCUT2D eigenvalue weighted by atomic mass is 10.0. The van der Waals surface area contributed by atoms with Crippen molar-refractivity contribution in [2.75, 3.05) is 0 Å². The van der Waals surface area contributed by atoms with Crippen LogP contribution in [-0.2, 0) is 4.79 Å². The number of benzene rings is 1. The second-order valence-corrected chi connectivity index (χ2v) is 7.12. The van der Waals surface area contributed by atoms with Gasteiger partial charge < -0.3 is 14.2 Å². The molecule has 4 nitrogen and oxygen atoms in total. The van der Waals surface area contributed by atoms with E-state index < -0.39 is 5.79 Å². The topological polar surface area (TPSA) is 44.8 Å². The van der Waals surface area contributed by atoms with Crippen molar-refractivity contribution in [3.8, 4) is 17.2 Å². The Morgan fingerprint density at radius 1 is 0.960 bits per heavy atom. The lowest BCUT2D eigenvalue weighted by Gasteiger charge is -2.22. The van der Waals surface area contributed by atoms with Crippen molar-refractivity contribution in [3.63, 3.8) is 0 Å². The van der Waals surface area contributed by atoms with Crippen LogP contribution in [-0.4, -0.2) is 11.8 Å². The van der Waals surface area contributed by atoms with Gasteiger partial charge in [-0.2, -0.15) is 0 Å². The number of hydrogen-bond donors (Lipinski definition) is 0. The van der Waals surface area contributed by atoms with Crippen LogP contribution in [0.3, 0.4) is 0 Å². The van der Waals surface area contributed by atoms with E-state index in [2.05, 4.69) is 6.92 Å². The Morgan fingerprint density at radius 3 is 2.20 bits per heavy atom. The zero-order valence-corrected chi connectivity index (χ0v) is 15.9. The zero-order valence-electron chi connectivity index (χ0n) is 15.9. The molecule has 0 amide bonds. The normalized spacial score (nSPS) is 18.4. The lowest BCUT2D eigenvalue weighted by Crippen LogP contribution is -2.34. The molecule has 1 aromatic rings. The molecule has 0 aromatic heterocycles. The fraction of sp³-hybridized carbons (Fsp3) is 0.667. The zero-order chi connectivity index (χ0) is 18.1.